The second-order valence-electron chi connectivity index (χ2n) is 6.15. The summed E-state index contributed by atoms with van der Waals surface area (Å²) in [5.41, 5.74) is 0.639. The van der Waals surface area contributed by atoms with Gasteiger partial charge in [0.15, 0.2) is 0 Å². The maximum absolute atomic E-state index is 13.1. The number of benzene rings is 2. The average Bonchev–Trinajstić information content (AvgIpc) is 2.61. The summed E-state index contributed by atoms with van der Waals surface area (Å²) in [4.78, 5) is 0.218. The summed E-state index contributed by atoms with van der Waals surface area (Å²) in [7, 11) is -2.23. The molecule has 1 atom stereocenters. The Bertz CT molecular complexity index is 906. The van der Waals surface area contributed by atoms with E-state index in [0.717, 1.165) is 5.56 Å². The second-order valence-corrected chi connectivity index (χ2v) is 8.01. The highest BCUT2D eigenvalue weighted by atomic mass is 32.2. The molecule has 1 aliphatic rings. The van der Waals surface area contributed by atoms with Crippen LogP contribution in [0.3, 0.4) is 0 Å². The lowest BCUT2D eigenvalue weighted by molar-refractivity contribution is 0.0793. The molecule has 0 aromatic heterocycles. The summed E-state index contributed by atoms with van der Waals surface area (Å²) >= 11 is 0. The summed E-state index contributed by atoms with van der Waals surface area (Å²) < 4.78 is 32.8. The van der Waals surface area contributed by atoms with Gasteiger partial charge in [0.05, 0.1) is 17.7 Å². The summed E-state index contributed by atoms with van der Waals surface area (Å²) in [6.45, 7) is 5.76. The minimum Gasteiger partial charge on any atom is -0.497 e. The van der Waals surface area contributed by atoms with Crippen LogP contribution in [0, 0.1) is 6.92 Å². The van der Waals surface area contributed by atoms with E-state index in [2.05, 4.69) is 6.58 Å². The Hall–Kier alpha value is -2.31. The van der Waals surface area contributed by atoms with E-state index in [9.17, 15) is 13.5 Å². The molecule has 0 fully saturated rings. The molecular formula is C19H21NO4S. The molecule has 1 heterocycles. The normalized spacial score (nSPS) is 20.0. The van der Waals surface area contributed by atoms with Crippen LogP contribution in [0.2, 0.25) is 0 Å². The van der Waals surface area contributed by atoms with Crippen LogP contribution in [0.1, 0.15) is 17.5 Å². The Morgan fingerprint density at radius 1 is 1.24 bits per heavy atom. The van der Waals surface area contributed by atoms with Gasteiger partial charge in [-0.25, -0.2) is 8.42 Å². The molecule has 3 rings (SSSR count). The van der Waals surface area contributed by atoms with E-state index in [0.29, 0.717) is 17.0 Å². The molecule has 0 spiro atoms. The van der Waals surface area contributed by atoms with Crippen molar-refractivity contribution in [1.29, 1.82) is 0 Å². The third-order valence-electron chi connectivity index (χ3n) is 4.58. The monoisotopic (exact) mass is 359 g/mol. The van der Waals surface area contributed by atoms with Crippen LogP contribution in [-0.4, -0.2) is 27.2 Å². The molecule has 1 unspecified atom stereocenters. The molecule has 2 aromatic carbocycles. The largest absolute Gasteiger partial charge is 0.497 e. The SMILES string of the molecule is C=CC1(O)CCN(S(=O)(=O)c2ccc(C)cc2)c2cc(OC)ccc21. The van der Waals surface area contributed by atoms with Crippen LogP contribution in [0.15, 0.2) is 60.0 Å². The molecule has 5 nitrogen and oxygen atoms in total. The predicted molar refractivity (Wildman–Crippen MR) is 97.4 cm³/mol. The highest BCUT2D eigenvalue weighted by molar-refractivity contribution is 7.92. The van der Waals surface area contributed by atoms with Crippen molar-refractivity contribution >= 4 is 15.7 Å². The van der Waals surface area contributed by atoms with Gasteiger partial charge in [0.2, 0.25) is 0 Å². The van der Waals surface area contributed by atoms with Gasteiger partial charge in [-0.15, -0.1) is 0 Å². The Balaban J connectivity index is 2.16. The standard InChI is InChI=1S/C19H21NO4S/c1-4-19(21)11-12-20(18-13-15(24-3)7-10-17(18)19)25(22,23)16-8-5-14(2)6-9-16/h4-10,13,21H,1,11-12H2,2-3H3. The number of anilines is 1. The van der Waals surface area contributed by atoms with Crippen LogP contribution in [0.5, 0.6) is 5.75 Å². The van der Waals surface area contributed by atoms with Crippen LogP contribution < -0.4 is 9.04 Å². The topological polar surface area (TPSA) is 66.8 Å². The first-order chi connectivity index (χ1) is 11.8. The van der Waals surface area contributed by atoms with Crippen LogP contribution >= 0.6 is 0 Å². The number of ether oxygens (including phenoxy) is 1. The number of hydrogen-bond acceptors (Lipinski definition) is 4. The van der Waals surface area contributed by atoms with Gasteiger partial charge in [-0.1, -0.05) is 36.4 Å². The first kappa shape index (κ1) is 17.5. The lowest BCUT2D eigenvalue weighted by Gasteiger charge is -2.38. The molecule has 0 bridgehead atoms. The maximum Gasteiger partial charge on any atom is 0.264 e. The molecule has 0 radical (unpaired) electrons. The van der Waals surface area contributed by atoms with Gasteiger partial charge in [0, 0.05) is 24.6 Å². The van der Waals surface area contributed by atoms with E-state index < -0.39 is 15.6 Å². The summed E-state index contributed by atoms with van der Waals surface area (Å²) in [6.07, 6.45) is 1.69. The number of fused-ring (bicyclic) bond motifs is 1. The highest BCUT2D eigenvalue weighted by Crippen LogP contribution is 2.43. The number of hydrogen-bond donors (Lipinski definition) is 1. The minimum absolute atomic E-state index is 0.152. The fourth-order valence-corrected chi connectivity index (χ4v) is 4.51. The third-order valence-corrected chi connectivity index (χ3v) is 6.41. The molecule has 6 heteroatoms. The zero-order valence-corrected chi connectivity index (χ0v) is 15.1. The zero-order chi connectivity index (χ0) is 18.2. The van der Waals surface area contributed by atoms with Gasteiger partial charge in [0.25, 0.3) is 10.0 Å². The van der Waals surface area contributed by atoms with E-state index in [1.165, 1.54) is 17.5 Å². The fraction of sp³-hybridized carbons (Fsp3) is 0.263. The van der Waals surface area contributed by atoms with E-state index in [-0.39, 0.29) is 17.9 Å². The number of aliphatic hydroxyl groups is 1. The predicted octanol–water partition coefficient (Wildman–Crippen LogP) is 2.98. The number of methoxy groups -OCH3 is 1. The molecule has 1 N–H and O–H groups in total. The van der Waals surface area contributed by atoms with Crippen molar-refractivity contribution in [3.05, 3.63) is 66.2 Å². The molecule has 0 amide bonds. The molecule has 0 saturated heterocycles. The van der Waals surface area contributed by atoms with Crippen LogP contribution in [0.4, 0.5) is 5.69 Å². The van der Waals surface area contributed by atoms with E-state index in [4.69, 9.17) is 4.74 Å². The van der Waals surface area contributed by atoms with Gasteiger partial charge in [-0.3, -0.25) is 4.31 Å². The van der Waals surface area contributed by atoms with E-state index >= 15 is 0 Å². The van der Waals surface area contributed by atoms with Gasteiger partial charge < -0.3 is 9.84 Å². The first-order valence-corrected chi connectivity index (χ1v) is 9.40. The van der Waals surface area contributed by atoms with Crippen molar-refractivity contribution in [2.24, 2.45) is 0 Å². The molecule has 132 valence electrons. The highest BCUT2D eigenvalue weighted by Gasteiger charge is 2.39. The van der Waals surface area contributed by atoms with Crippen molar-refractivity contribution in [3.63, 3.8) is 0 Å². The number of sulfonamides is 1. The van der Waals surface area contributed by atoms with E-state index in [1.807, 2.05) is 6.92 Å². The number of aryl methyl sites for hydroxylation is 1. The lowest BCUT2D eigenvalue weighted by atomic mass is 9.86. The zero-order valence-electron chi connectivity index (χ0n) is 14.3. The Morgan fingerprint density at radius 2 is 1.92 bits per heavy atom. The Kier molecular flexibility index (Phi) is 4.34. The summed E-state index contributed by atoms with van der Waals surface area (Å²) in [5.74, 6) is 0.524. The average molecular weight is 359 g/mol. The molecular weight excluding hydrogens is 338 g/mol. The Morgan fingerprint density at radius 3 is 2.52 bits per heavy atom. The smallest absolute Gasteiger partial charge is 0.264 e. The van der Waals surface area contributed by atoms with Gasteiger partial charge >= 0.3 is 0 Å². The van der Waals surface area contributed by atoms with Gasteiger partial charge in [-0.05, 0) is 25.1 Å². The quantitative estimate of drug-likeness (QED) is 0.853. The first-order valence-electron chi connectivity index (χ1n) is 7.96. The maximum atomic E-state index is 13.1. The van der Waals surface area contributed by atoms with Gasteiger partial charge in [0.1, 0.15) is 11.4 Å². The van der Waals surface area contributed by atoms with Crippen molar-refractivity contribution in [2.75, 3.05) is 18.0 Å². The Labute approximate surface area is 148 Å². The second kappa shape index (κ2) is 6.20. The van der Waals surface area contributed by atoms with Crippen molar-refractivity contribution < 1.29 is 18.3 Å². The van der Waals surface area contributed by atoms with Crippen molar-refractivity contribution in [1.82, 2.24) is 0 Å². The van der Waals surface area contributed by atoms with Crippen molar-refractivity contribution in [3.8, 4) is 5.75 Å². The number of rotatable bonds is 4. The molecule has 25 heavy (non-hydrogen) atoms. The summed E-state index contributed by atoms with van der Waals surface area (Å²) in [6, 6.07) is 11.8. The molecule has 1 aliphatic heterocycles. The molecule has 0 saturated carbocycles. The van der Waals surface area contributed by atoms with Crippen LogP contribution in [-0.2, 0) is 15.6 Å². The van der Waals surface area contributed by atoms with Crippen molar-refractivity contribution in [2.45, 2.75) is 23.8 Å². The summed E-state index contributed by atoms with van der Waals surface area (Å²) in [5, 5.41) is 10.8. The third kappa shape index (κ3) is 2.92. The minimum atomic E-state index is -3.74. The molecule has 2 aromatic rings. The number of nitrogens with zero attached hydrogens (tertiary/aromatic N) is 1. The fourth-order valence-electron chi connectivity index (χ4n) is 3.04. The van der Waals surface area contributed by atoms with Gasteiger partial charge in [-0.2, -0.15) is 0 Å². The lowest BCUT2D eigenvalue weighted by Crippen LogP contribution is -2.42. The van der Waals surface area contributed by atoms with E-state index in [1.54, 1.807) is 42.5 Å². The molecule has 0 aliphatic carbocycles. The van der Waals surface area contributed by atoms with Crippen LogP contribution in [0.25, 0.3) is 0 Å².